The molecule has 1 atom stereocenters. The number of aliphatic carboxylic acids is 1. The summed E-state index contributed by atoms with van der Waals surface area (Å²) >= 11 is 0. The Labute approximate surface area is 114 Å². The van der Waals surface area contributed by atoms with Crippen LogP contribution in [0.3, 0.4) is 0 Å². The Morgan fingerprint density at radius 2 is 1.95 bits per heavy atom. The van der Waals surface area contributed by atoms with Gasteiger partial charge in [-0.2, -0.15) is 0 Å². The van der Waals surface area contributed by atoms with Crippen LogP contribution in [-0.2, 0) is 14.9 Å². The van der Waals surface area contributed by atoms with E-state index in [1.54, 1.807) is 0 Å². The average molecular weight is 263 g/mol. The Kier molecular flexibility index (Phi) is 3.80. The Balaban J connectivity index is 2.33. The Morgan fingerprint density at radius 1 is 1.37 bits per heavy atom. The van der Waals surface area contributed by atoms with Crippen LogP contribution in [0, 0.1) is 5.92 Å². The zero-order valence-electron chi connectivity index (χ0n) is 11.7. The summed E-state index contributed by atoms with van der Waals surface area (Å²) in [7, 11) is 3.98. The summed E-state index contributed by atoms with van der Waals surface area (Å²) in [5, 5.41) is 9.41. The molecular weight excluding hydrogens is 242 g/mol. The highest BCUT2D eigenvalue weighted by Crippen LogP contribution is 2.41. The predicted molar refractivity (Wildman–Crippen MR) is 74.7 cm³/mol. The molecule has 1 heterocycles. The molecule has 1 aliphatic rings. The average Bonchev–Trinajstić information content (AvgIpc) is 2.33. The molecule has 1 N–H and O–H groups in total. The number of rotatable bonds is 5. The van der Waals surface area contributed by atoms with Crippen LogP contribution in [0.5, 0.6) is 0 Å². The van der Waals surface area contributed by atoms with E-state index in [0.29, 0.717) is 19.6 Å². The lowest BCUT2D eigenvalue weighted by Gasteiger charge is -2.45. The van der Waals surface area contributed by atoms with Crippen molar-refractivity contribution in [3.8, 4) is 0 Å². The number of benzene rings is 1. The first-order chi connectivity index (χ1) is 9.01. The fourth-order valence-corrected chi connectivity index (χ4v) is 2.78. The number of carboxylic acid groups (broad SMARTS) is 1. The SMILES string of the molecule is CCC(C(=O)O)C1(c2ccc(N(C)C)cc2)COC1. The van der Waals surface area contributed by atoms with Crippen molar-refractivity contribution in [1.82, 2.24) is 0 Å². The summed E-state index contributed by atoms with van der Waals surface area (Å²) in [6.07, 6.45) is 0.619. The molecular formula is C15H21NO3. The highest BCUT2D eigenvalue weighted by atomic mass is 16.5. The lowest BCUT2D eigenvalue weighted by Crippen LogP contribution is -2.54. The summed E-state index contributed by atoms with van der Waals surface area (Å²) in [5.74, 6) is -1.12. The third-order valence-corrected chi connectivity index (χ3v) is 4.05. The smallest absolute Gasteiger partial charge is 0.307 e. The fraction of sp³-hybridized carbons (Fsp3) is 0.533. The number of carboxylic acids is 1. The van der Waals surface area contributed by atoms with E-state index < -0.39 is 5.97 Å². The van der Waals surface area contributed by atoms with Gasteiger partial charge in [0.2, 0.25) is 0 Å². The van der Waals surface area contributed by atoms with Gasteiger partial charge in [0.1, 0.15) is 0 Å². The Morgan fingerprint density at radius 3 is 2.26 bits per heavy atom. The van der Waals surface area contributed by atoms with E-state index in [-0.39, 0.29) is 11.3 Å². The monoisotopic (exact) mass is 263 g/mol. The number of anilines is 1. The zero-order chi connectivity index (χ0) is 14.0. The normalized spacial score (nSPS) is 18.5. The summed E-state index contributed by atoms with van der Waals surface area (Å²) < 4.78 is 5.33. The molecule has 0 aliphatic carbocycles. The maximum absolute atomic E-state index is 11.5. The standard InChI is InChI=1S/C15H21NO3/c1-4-13(14(17)18)15(9-19-10-15)11-5-7-12(8-6-11)16(2)3/h5-8,13H,4,9-10H2,1-3H3,(H,17,18). The van der Waals surface area contributed by atoms with Gasteiger partial charge in [-0.1, -0.05) is 19.1 Å². The molecule has 1 saturated heterocycles. The van der Waals surface area contributed by atoms with Crippen molar-refractivity contribution in [1.29, 1.82) is 0 Å². The maximum atomic E-state index is 11.5. The van der Waals surface area contributed by atoms with Crippen LogP contribution in [0.1, 0.15) is 18.9 Å². The lowest BCUT2D eigenvalue weighted by atomic mass is 9.67. The third-order valence-electron chi connectivity index (χ3n) is 4.05. The third kappa shape index (κ3) is 2.32. The van der Waals surface area contributed by atoms with Crippen LogP contribution in [-0.4, -0.2) is 38.4 Å². The topological polar surface area (TPSA) is 49.8 Å². The summed E-state index contributed by atoms with van der Waals surface area (Å²) in [5.41, 5.74) is 1.83. The van der Waals surface area contributed by atoms with Gasteiger partial charge in [-0.15, -0.1) is 0 Å². The summed E-state index contributed by atoms with van der Waals surface area (Å²) in [4.78, 5) is 13.5. The molecule has 1 aromatic carbocycles. The predicted octanol–water partition coefficient (Wildman–Crippen LogP) is 2.13. The molecule has 2 rings (SSSR count). The highest BCUT2D eigenvalue weighted by molar-refractivity contribution is 5.73. The molecule has 1 aromatic rings. The van der Waals surface area contributed by atoms with Crippen molar-refractivity contribution in [3.05, 3.63) is 29.8 Å². The molecule has 1 fully saturated rings. The first-order valence-corrected chi connectivity index (χ1v) is 6.59. The van der Waals surface area contributed by atoms with Gasteiger partial charge in [0, 0.05) is 19.8 Å². The van der Waals surface area contributed by atoms with Gasteiger partial charge < -0.3 is 14.7 Å². The Hall–Kier alpha value is -1.55. The van der Waals surface area contributed by atoms with Crippen molar-refractivity contribution in [2.45, 2.75) is 18.8 Å². The molecule has 0 spiro atoms. The van der Waals surface area contributed by atoms with Crippen LogP contribution in [0.25, 0.3) is 0 Å². The molecule has 19 heavy (non-hydrogen) atoms. The van der Waals surface area contributed by atoms with E-state index in [9.17, 15) is 9.90 Å². The quantitative estimate of drug-likeness (QED) is 0.884. The van der Waals surface area contributed by atoms with E-state index in [0.717, 1.165) is 11.3 Å². The van der Waals surface area contributed by atoms with Crippen LogP contribution in [0.4, 0.5) is 5.69 Å². The minimum atomic E-state index is -0.734. The first kappa shape index (κ1) is 13.9. The van der Waals surface area contributed by atoms with Gasteiger partial charge in [0.05, 0.1) is 24.5 Å². The molecule has 0 saturated carbocycles. The highest BCUT2D eigenvalue weighted by Gasteiger charge is 2.49. The summed E-state index contributed by atoms with van der Waals surface area (Å²) in [6, 6.07) is 8.13. The second-order valence-electron chi connectivity index (χ2n) is 5.39. The minimum absolute atomic E-state index is 0.356. The van der Waals surface area contributed by atoms with Gasteiger partial charge in [0.25, 0.3) is 0 Å². The summed E-state index contributed by atoms with van der Waals surface area (Å²) in [6.45, 7) is 2.92. The molecule has 0 aromatic heterocycles. The van der Waals surface area contributed by atoms with Crippen molar-refractivity contribution in [2.75, 3.05) is 32.2 Å². The van der Waals surface area contributed by atoms with Crippen LogP contribution in [0.2, 0.25) is 0 Å². The zero-order valence-corrected chi connectivity index (χ0v) is 11.7. The molecule has 104 valence electrons. The maximum Gasteiger partial charge on any atom is 0.307 e. The van der Waals surface area contributed by atoms with Crippen LogP contribution in [0.15, 0.2) is 24.3 Å². The van der Waals surface area contributed by atoms with Crippen molar-refractivity contribution >= 4 is 11.7 Å². The van der Waals surface area contributed by atoms with Crippen molar-refractivity contribution in [2.24, 2.45) is 5.92 Å². The first-order valence-electron chi connectivity index (χ1n) is 6.59. The number of carbonyl (C=O) groups is 1. The molecule has 4 nitrogen and oxygen atoms in total. The van der Waals surface area contributed by atoms with Crippen LogP contribution < -0.4 is 4.90 Å². The van der Waals surface area contributed by atoms with Crippen molar-refractivity contribution in [3.63, 3.8) is 0 Å². The van der Waals surface area contributed by atoms with E-state index in [4.69, 9.17) is 4.74 Å². The van der Waals surface area contributed by atoms with Crippen LogP contribution >= 0.6 is 0 Å². The number of nitrogens with zero attached hydrogens (tertiary/aromatic N) is 1. The Bertz CT molecular complexity index is 449. The second-order valence-corrected chi connectivity index (χ2v) is 5.39. The number of ether oxygens (including phenoxy) is 1. The molecule has 0 amide bonds. The van der Waals surface area contributed by atoms with Gasteiger partial charge in [-0.25, -0.2) is 0 Å². The molecule has 1 aliphatic heterocycles. The van der Waals surface area contributed by atoms with Crippen molar-refractivity contribution < 1.29 is 14.6 Å². The van der Waals surface area contributed by atoms with Gasteiger partial charge in [0.15, 0.2) is 0 Å². The number of hydrogen-bond donors (Lipinski definition) is 1. The van der Waals surface area contributed by atoms with E-state index >= 15 is 0 Å². The van der Waals surface area contributed by atoms with E-state index in [2.05, 4.69) is 0 Å². The van der Waals surface area contributed by atoms with Gasteiger partial charge >= 0.3 is 5.97 Å². The largest absolute Gasteiger partial charge is 0.481 e. The minimum Gasteiger partial charge on any atom is -0.481 e. The molecule has 4 heteroatoms. The van der Waals surface area contributed by atoms with Gasteiger partial charge in [-0.3, -0.25) is 4.79 Å². The van der Waals surface area contributed by atoms with E-state index in [1.165, 1.54) is 0 Å². The second kappa shape index (κ2) is 5.21. The molecule has 1 unspecified atom stereocenters. The lowest BCUT2D eigenvalue weighted by molar-refractivity contribution is -0.157. The van der Waals surface area contributed by atoms with Gasteiger partial charge in [-0.05, 0) is 24.1 Å². The number of hydrogen-bond acceptors (Lipinski definition) is 3. The fourth-order valence-electron chi connectivity index (χ4n) is 2.78. The molecule has 0 radical (unpaired) electrons. The molecule has 0 bridgehead atoms. The van der Waals surface area contributed by atoms with E-state index in [1.807, 2.05) is 50.2 Å².